The number of nitrogens with zero attached hydrogens (tertiary/aromatic N) is 3. The van der Waals surface area contributed by atoms with Gasteiger partial charge in [0.05, 0.1) is 10.9 Å². The molecular formula is C19H19ClN4OS. The summed E-state index contributed by atoms with van der Waals surface area (Å²) in [5, 5.41) is 12.1. The number of nitrogens with one attached hydrogen (secondary N) is 1. The molecular weight excluding hydrogens is 368 g/mol. The Morgan fingerprint density at radius 1 is 1.23 bits per heavy atom. The van der Waals surface area contributed by atoms with E-state index in [2.05, 4.69) is 27.6 Å². The van der Waals surface area contributed by atoms with Crippen molar-refractivity contribution in [1.82, 2.24) is 20.1 Å². The topological polar surface area (TPSA) is 59.8 Å². The van der Waals surface area contributed by atoms with Crippen LogP contribution in [0.5, 0.6) is 0 Å². The largest absolute Gasteiger partial charge is 0.355 e. The molecule has 0 fully saturated rings. The molecule has 0 spiro atoms. The Kier molecular flexibility index (Phi) is 6.30. The van der Waals surface area contributed by atoms with Crippen LogP contribution in [0.15, 0.2) is 66.1 Å². The molecule has 1 N–H and O–H groups in total. The lowest BCUT2D eigenvalue weighted by Crippen LogP contribution is -2.32. The fourth-order valence-corrected chi connectivity index (χ4v) is 3.49. The van der Waals surface area contributed by atoms with Crippen molar-refractivity contribution in [3.63, 3.8) is 0 Å². The maximum absolute atomic E-state index is 12.4. The summed E-state index contributed by atoms with van der Waals surface area (Å²) in [6.45, 7) is 2.47. The maximum atomic E-state index is 12.4. The van der Waals surface area contributed by atoms with Gasteiger partial charge in [-0.1, -0.05) is 59.8 Å². The summed E-state index contributed by atoms with van der Waals surface area (Å²) >= 11 is 7.42. The van der Waals surface area contributed by atoms with Crippen molar-refractivity contribution in [2.24, 2.45) is 0 Å². The number of thioether (sulfide) groups is 1. The second kappa shape index (κ2) is 8.87. The summed E-state index contributed by atoms with van der Waals surface area (Å²) in [6, 6.07) is 17.5. The van der Waals surface area contributed by atoms with Crippen LogP contribution >= 0.6 is 23.4 Å². The Balaban J connectivity index is 1.57. The third kappa shape index (κ3) is 4.86. The van der Waals surface area contributed by atoms with Crippen molar-refractivity contribution in [1.29, 1.82) is 0 Å². The van der Waals surface area contributed by atoms with E-state index < -0.39 is 0 Å². The van der Waals surface area contributed by atoms with Crippen LogP contribution < -0.4 is 5.32 Å². The molecule has 1 aromatic heterocycles. The van der Waals surface area contributed by atoms with Crippen LogP contribution in [0.3, 0.4) is 0 Å². The number of rotatable bonds is 7. The number of carbonyl (C=O) groups is 1. The Morgan fingerprint density at radius 2 is 2.04 bits per heavy atom. The normalized spacial score (nSPS) is 11.9. The SMILES string of the molecule is CC(Sc1nncn1-c1cccc(Cl)c1)C(=O)NCCc1ccccc1. The number of carbonyl (C=O) groups excluding carboxylic acids is 1. The van der Waals surface area contributed by atoms with Crippen molar-refractivity contribution in [2.45, 2.75) is 23.8 Å². The van der Waals surface area contributed by atoms with E-state index in [0.717, 1.165) is 12.1 Å². The monoisotopic (exact) mass is 386 g/mol. The fourth-order valence-electron chi connectivity index (χ4n) is 2.44. The molecule has 0 aliphatic carbocycles. The van der Waals surface area contributed by atoms with Crippen molar-refractivity contribution in [2.75, 3.05) is 6.54 Å². The molecule has 26 heavy (non-hydrogen) atoms. The first-order chi connectivity index (χ1) is 12.6. The summed E-state index contributed by atoms with van der Waals surface area (Å²) in [5.74, 6) is -0.0217. The Hall–Kier alpha value is -2.31. The van der Waals surface area contributed by atoms with Crippen LogP contribution in [0.1, 0.15) is 12.5 Å². The third-order valence-corrected chi connectivity index (χ3v) is 5.10. The molecule has 0 saturated carbocycles. The van der Waals surface area contributed by atoms with Gasteiger partial charge in [0, 0.05) is 11.6 Å². The number of halogens is 1. The predicted octanol–water partition coefficient (Wildman–Crippen LogP) is 3.76. The zero-order valence-corrected chi connectivity index (χ0v) is 15.9. The first-order valence-corrected chi connectivity index (χ1v) is 9.53. The summed E-state index contributed by atoms with van der Waals surface area (Å²) in [6.07, 6.45) is 2.43. The smallest absolute Gasteiger partial charge is 0.233 e. The lowest BCUT2D eigenvalue weighted by molar-refractivity contribution is -0.120. The second-order valence-corrected chi connectivity index (χ2v) is 7.49. The highest BCUT2D eigenvalue weighted by Crippen LogP contribution is 2.25. The molecule has 0 bridgehead atoms. The highest BCUT2D eigenvalue weighted by molar-refractivity contribution is 8.00. The lowest BCUT2D eigenvalue weighted by atomic mass is 10.1. The number of amides is 1. The van der Waals surface area contributed by atoms with Gasteiger partial charge in [-0.2, -0.15) is 0 Å². The van der Waals surface area contributed by atoms with E-state index in [1.165, 1.54) is 17.3 Å². The van der Waals surface area contributed by atoms with Crippen molar-refractivity contribution in [3.05, 3.63) is 71.5 Å². The number of hydrogen-bond acceptors (Lipinski definition) is 4. The molecule has 1 amide bonds. The zero-order chi connectivity index (χ0) is 18.4. The zero-order valence-electron chi connectivity index (χ0n) is 14.3. The average molecular weight is 387 g/mol. The van der Waals surface area contributed by atoms with Crippen LogP contribution in [0.4, 0.5) is 0 Å². The van der Waals surface area contributed by atoms with E-state index >= 15 is 0 Å². The average Bonchev–Trinajstić information content (AvgIpc) is 3.10. The van der Waals surface area contributed by atoms with E-state index in [9.17, 15) is 4.79 Å². The quantitative estimate of drug-likeness (QED) is 0.628. The molecule has 1 atom stereocenters. The van der Waals surface area contributed by atoms with E-state index in [-0.39, 0.29) is 11.2 Å². The fraction of sp³-hybridized carbons (Fsp3) is 0.211. The first kappa shape index (κ1) is 18.5. The predicted molar refractivity (Wildman–Crippen MR) is 105 cm³/mol. The summed E-state index contributed by atoms with van der Waals surface area (Å²) in [4.78, 5) is 12.4. The van der Waals surface area contributed by atoms with Gasteiger partial charge in [-0.05, 0) is 37.1 Å². The molecule has 3 rings (SSSR count). The number of aromatic nitrogens is 3. The van der Waals surface area contributed by atoms with Gasteiger partial charge in [-0.15, -0.1) is 10.2 Å². The minimum Gasteiger partial charge on any atom is -0.355 e. The van der Waals surface area contributed by atoms with Crippen molar-refractivity contribution >= 4 is 29.3 Å². The van der Waals surface area contributed by atoms with Gasteiger partial charge < -0.3 is 5.32 Å². The van der Waals surface area contributed by atoms with E-state index in [0.29, 0.717) is 16.7 Å². The Bertz CT molecular complexity index is 869. The molecule has 3 aromatic rings. The molecule has 0 radical (unpaired) electrons. The van der Waals surface area contributed by atoms with Gasteiger partial charge >= 0.3 is 0 Å². The highest BCUT2D eigenvalue weighted by Gasteiger charge is 2.18. The van der Waals surface area contributed by atoms with Gasteiger partial charge in [-0.25, -0.2) is 0 Å². The highest BCUT2D eigenvalue weighted by atomic mass is 35.5. The molecule has 0 aliphatic rings. The summed E-state index contributed by atoms with van der Waals surface area (Å²) in [7, 11) is 0. The first-order valence-electron chi connectivity index (χ1n) is 8.28. The Labute approximate surface area is 161 Å². The standard InChI is InChI=1S/C19H19ClN4OS/c1-14(18(25)21-11-10-15-6-3-2-4-7-15)26-19-23-22-13-24(19)17-9-5-8-16(20)12-17/h2-9,12-14H,10-11H2,1H3,(H,21,25). The van der Waals surface area contributed by atoms with Crippen molar-refractivity contribution < 1.29 is 4.79 Å². The lowest BCUT2D eigenvalue weighted by Gasteiger charge is -2.12. The van der Waals surface area contributed by atoms with Gasteiger partial charge in [0.2, 0.25) is 5.91 Å². The van der Waals surface area contributed by atoms with E-state index in [4.69, 9.17) is 11.6 Å². The van der Waals surface area contributed by atoms with Gasteiger partial charge in [0.25, 0.3) is 0 Å². The number of benzene rings is 2. The molecule has 1 heterocycles. The van der Waals surface area contributed by atoms with Gasteiger partial charge in [0.15, 0.2) is 5.16 Å². The van der Waals surface area contributed by atoms with E-state index in [1.807, 2.05) is 54.0 Å². The van der Waals surface area contributed by atoms with Crippen LogP contribution in [0.2, 0.25) is 5.02 Å². The molecule has 0 saturated heterocycles. The minimum atomic E-state index is -0.284. The van der Waals surface area contributed by atoms with Gasteiger partial charge in [0.1, 0.15) is 6.33 Å². The summed E-state index contributed by atoms with van der Waals surface area (Å²) < 4.78 is 1.82. The minimum absolute atomic E-state index is 0.0217. The third-order valence-electron chi connectivity index (χ3n) is 3.81. The number of hydrogen-bond donors (Lipinski definition) is 1. The molecule has 134 valence electrons. The van der Waals surface area contributed by atoms with E-state index in [1.54, 1.807) is 6.33 Å². The molecule has 1 unspecified atom stereocenters. The summed E-state index contributed by atoms with van der Waals surface area (Å²) in [5.41, 5.74) is 2.07. The van der Waals surface area contributed by atoms with Crippen LogP contribution in [0, 0.1) is 0 Å². The Morgan fingerprint density at radius 3 is 2.81 bits per heavy atom. The molecule has 5 nitrogen and oxygen atoms in total. The molecule has 7 heteroatoms. The molecule has 2 aromatic carbocycles. The molecule has 0 aliphatic heterocycles. The van der Waals surface area contributed by atoms with Crippen LogP contribution in [0.25, 0.3) is 5.69 Å². The van der Waals surface area contributed by atoms with Crippen LogP contribution in [-0.2, 0) is 11.2 Å². The van der Waals surface area contributed by atoms with Crippen LogP contribution in [-0.4, -0.2) is 32.5 Å². The van der Waals surface area contributed by atoms with Gasteiger partial charge in [-0.3, -0.25) is 9.36 Å². The second-order valence-electron chi connectivity index (χ2n) is 5.75. The maximum Gasteiger partial charge on any atom is 0.233 e. The van der Waals surface area contributed by atoms with Crippen molar-refractivity contribution in [3.8, 4) is 5.69 Å².